The van der Waals surface area contributed by atoms with Crippen LogP contribution in [0.15, 0.2) is 102 Å². The number of hydrogen-bond donors (Lipinski definition) is 2. The quantitative estimate of drug-likeness (QED) is 0.300. The molecule has 6 heteroatoms. The highest BCUT2D eigenvalue weighted by atomic mass is 32.2. The molecule has 0 saturated carbocycles. The van der Waals surface area contributed by atoms with Gasteiger partial charge in [0, 0.05) is 6.04 Å². The monoisotopic (exact) mass is 493 g/mol. The van der Waals surface area contributed by atoms with Crippen molar-refractivity contribution in [3.05, 3.63) is 109 Å². The van der Waals surface area contributed by atoms with E-state index in [4.69, 9.17) is 0 Å². The number of aryl methyl sites for hydroxylation is 1. The van der Waals surface area contributed by atoms with Gasteiger partial charge < -0.3 is 5.11 Å². The molecule has 3 rings (SSSR count). The van der Waals surface area contributed by atoms with Gasteiger partial charge in [-0.05, 0) is 43.9 Å². The van der Waals surface area contributed by atoms with Crippen LogP contribution in [0.25, 0.3) is 0 Å². The zero-order valence-electron chi connectivity index (χ0n) is 20.2. The lowest BCUT2D eigenvalue weighted by molar-refractivity contribution is 0.0996. The third-order valence-corrected chi connectivity index (χ3v) is 12.8. The van der Waals surface area contributed by atoms with Crippen LogP contribution < -0.4 is 9.91 Å². The van der Waals surface area contributed by atoms with E-state index in [0.29, 0.717) is 12.8 Å². The Labute approximate surface area is 205 Å². The molecule has 2 atom stereocenters. The Kier molecular flexibility index (Phi) is 8.31. The molecular formula is C28H35NO3SSi. The molecule has 0 aliphatic carbocycles. The summed E-state index contributed by atoms with van der Waals surface area (Å²) in [5.74, 6) is 0. The molecule has 0 saturated heterocycles. The smallest absolute Gasteiger partial charge is 0.240 e. The summed E-state index contributed by atoms with van der Waals surface area (Å²) in [4.78, 5) is 0.225. The molecule has 0 fully saturated rings. The Bertz CT molecular complexity index is 1180. The number of aliphatic hydroxyl groups is 1. The summed E-state index contributed by atoms with van der Waals surface area (Å²) >= 11 is 0. The van der Waals surface area contributed by atoms with Crippen molar-refractivity contribution in [1.29, 1.82) is 0 Å². The van der Waals surface area contributed by atoms with E-state index in [2.05, 4.69) is 36.5 Å². The Morgan fingerprint density at radius 2 is 1.53 bits per heavy atom. The molecule has 3 aromatic carbocycles. The molecule has 4 nitrogen and oxygen atoms in total. The molecule has 180 valence electrons. The predicted octanol–water partition coefficient (Wildman–Crippen LogP) is 4.74. The number of benzene rings is 3. The van der Waals surface area contributed by atoms with Crippen LogP contribution in [0, 0.1) is 6.92 Å². The van der Waals surface area contributed by atoms with Gasteiger partial charge in [-0.25, -0.2) is 13.1 Å². The number of nitrogens with one attached hydrogen (secondary N) is 1. The Balaban J connectivity index is 1.98. The topological polar surface area (TPSA) is 66.4 Å². The average molecular weight is 494 g/mol. The maximum atomic E-state index is 13.3. The van der Waals surface area contributed by atoms with E-state index in [1.54, 1.807) is 30.3 Å². The van der Waals surface area contributed by atoms with E-state index in [1.807, 2.05) is 55.5 Å². The third-order valence-electron chi connectivity index (χ3n) is 6.70. The second-order valence-corrected chi connectivity index (χ2v) is 16.0. The van der Waals surface area contributed by atoms with Crippen LogP contribution in [0.1, 0.15) is 24.0 Å². The van der Waals surface area contributed by atoms with Gasteiger partial charge in [0.05, 0.1) is 10.1 Å². The van der Waals surface area contributed by atoms with Gasteiger partial charge >= 0.3 is 0 Å². The van der Waals surface area contributed by atoms with Crippen molar-refractivity contribution in [2.75, 3.05) is 0 Å². The fourth-order valence-electron chi connectivity index (χ4n) is 4.42. The SMILES string of the molecule is C=CCC(O)(C[C@H](Cc1ccccc1)NS(=O)(=O)c1ccc(C)cc1)[Si](C)(C)c1ccccc1. The molecule has 0 bridgehead atoms. The van der Waals surface area contributed by atoms with Gasteiger partial charge in [0.1, 0.15) is 8.07 Å². The van der Waals surface area contributed by atoms with Gasteiger partial charge in [-0.3, -0.25) is 0 Å². The molecule has 0 heterocycles. The lowest BCUT2D eigenvalue weighted by Gasteiger charge is -2.43. The first-order chi connectivity index (χ1) is 16.1. The van der Waals surface area contributed by atoms with Gasteiger partial charge in [0.25, 0.3) is 0 Å². The average Bonchev–Trinajstić information content (AvgIpc) is 2.80. The van der Waals surface area contributed by atoms with Gasteiger partial charge in [0.15, 0.2) is 0 Å². The number of hydrogen-bond acceptors (Lipinski definition) is 3. The van der Waals surface area contributed by atoms with E-state index in [9.17, 15) is 13.5 Å². The molecule has 2 N–H and O–H groups in total. The zero-order chi connectivity index (χ0) is 24.8. The van der Waals surface area contributed by atoms with Crippen molar-refractivity contribution in [2.45, 2.75) is 55.4 Å². The summed E-state index contributed by atoms with van der Waals surface area (Å²) in [7, 11) is -6.21. The van der Waals surface area contributed by atoms with E-state index in [1.165, 1.54) is 0 Å². The van der Waals surface area contributed by atoms with Crippen molar-refractivity contribution in [3.63, 3.8) is 0 Å². The Morgan fingerprint density at radius 3 is 2.09 bits per heavy atom. The van der Waals surface area contributed by atoms with Crippen LogP contribution in [-0.4, -0.2) is 32.9 Å². The predicted molar refractivity (Wildman–Crippen MR) is 143 cm³/mol. The Hall–Kier alpha value is -2.51. The molecule has 34 heavy (non-hydrogen) atoms. The molecule has 0 aromatic heterocycles. The minimum atomic E-state index is -3.77. The normalized spacial score (nSPS) is 14.8. The van der Waals surface area contributed by atoms with Crippen molar-refractivity contribution >= 4 is 23.3 Å². The van der Waals surface area contributed by atoms with Gasteiger partial charge in [0.2, 0.25) is 10.0 Å². The fraction of sp³-hybridized carbons (Fsp3) is 0.286. The molecular weight excluding hydrogens is 458 g/mol. The minimum Gasteiger partial charge on any atom is -0.393 e. The Morgan fingerprint density at radius 1 is 0.971 bits per heavy atom. The second kappa shape index (κ2) is 10.8. The van der Waals surface area contributed by atoms with Gasteiger partial charge in [-0.1, -0.05) is 103 Å². The number of sulfonamides is 1. The molecule has 0 aliphatic heterocycles. The maximum absolute atomic E-state index is 13.3. The zero-order valence-corrected chi connectivity index (χ0v) is 22.1. The van der Waals surface area contributed by atoms with Crippen molar-refractivity contribution in [2.24, 2.45) is 0 Å². The van der Waals surface area contributed by atoms with E-state index in [0.717, 1.165) is 16.3 Å². The van der Waals surface area contributed by atoms with Gasteiger partial charge in [-0.15, -0.1) is 6.58 Å². The van der Waals surface area contributed by atoms with Crippen molar-refractivity contribution in [1.82, 2.24) is 4.72 Å². The van der Waals surface area contributed by atoms with Crippen LogP contribution in [0.4, 0.5) is 0 Å². The first kappa shape index (κ1) is 26.1. The van der Waals surface area contributed by atoms with Crippen LogP contribution >= 0.6 is 0 Å². The third kappa shape index (κ3) is 6.13. The molecule has 3 aromatic rings. The molecule has 0 aliphatic rings. The van der Waals surface area contributed by atoms with E-state index >= 15 is 0 Å². The molecule has 0 amide bonds. The van der Waals surface area contributed by atoms with E-state index in [-0.39, 0.29) is 11.3 Å². The molecule has 0 spiro atoms. The summed E-state index contributed by atoms with van der Waals surface area (Å²) in [6.45, 7) is 10.1. The summed E-state index contributed by atoms with van der Waals surface area (Å²) in [6.07, 6.45) is 2.89. The lowest BCUT2D eigenvalue weighted by Crippen LogP contribution is -2.64. The van der Waals surface area contributed by atoms with Crippen molar-refractivity contribution < 1.29 is 13.5 Å². The first-order valence-electron chi connectivity index (χ1n) is 11.6. The maximum Gasteiger partial charge on any atom is 0.240 e. The van der Waals surface area contributed by atoms with Crippen LogP contribution in [0.5, 0.6) is 0 Å². The van der Waals surface area contributed by atoms with E-state index < -0.39 is 29.4 Å². The van der Waals surface area contributed by atoms with Crippen LogP contribution in [0.2, 0.25) is 13.1 Å². The molecule has 1 unspecified atom stereocenters. The largest absolute Gasteiger partial charge is 0.393 e. The summed E-state index contributed by atoms with van der Waals surface area (Å²) in [5.41, 5.74) is 2.01. The second-order valence-electron chi connectivity index (χ2n) is 9.54. The molecule has 0 radical (unpaired) electrons. The standard InChI is InChI=1S/C28H35NO3SSi/c1-5-20-28(30,34(3,4)27-14-10-7-11-15-27)22-25(21-24-12-8-6-9-13-24)29-33(31,32)26-18-16-23(2)17-19-26/h5-19,25,29-30H,1,20-22H2,2-4H3/t25-,28?/m0/s1. The van der Waals surface area contributed by atoms with Crippen LogP contribution in [0.3, 0.4) is 0 Å². The minimum absolute atomic E-state index is 0.225. The highest BCUT2D eigenvalue weighted by molar-refractivity contribution is 7.89. The summed E-state index contributed by atoms with van der Waals surface area (Å²) < 4.78 is 29.5. The van der Waals surface area contributed by atoms with Gasteiger partial charge in [-0.2, -0.15) is 0 Å². The highest BCUT2D eigenvalue weighted by Gasteiger charge is 2.47. The lowest BCUT2D eigenvalue weighted by atomic mass is 9.99. The number of rotatable bonds is 11. The highest BCUT2D eigenvalue weighted by Crippen LogP contribution is 2.31. The summed E-state index contributed by atoms with van der Waals surface area (Å²) in [5, 5.41) is 12.1. The first-order valence-corrected chi connectivity index (χ1v) is 16.1. The summed E-state index contributed by atoms with van der Waals surface area (Å²) in [6, 6.07) is 26.2. The fourth-order valence-corrected chi connectivity index (χ4v) is 8.63. The van der Waals surface area contributed by atoms with Crippen molar-refractivity contribution in [3.8, 4) is 0 Å². The van der Waals surface area contributed by atoms with Crippen LogP contribution in [-0.2, 0) is 16.4 Å².